The SMILES string of the molecule is Cc1cc(NS(=O)(=O)CCc2ccccn2)cnc1Cl. The van der Waals surface area contributed by atoms with Gasteiger partial charge in [0.05, 0.1) is 17.6 Å². The van der Waals surface area contributed by atoms with Gasteiger partial charge in [-0.3, -0.25) is 9.71 Å². The highest BCUT2D eigenvalue weighted by Gasteiger charge is 2.12. The van der Waals surface area contributed by atoms with Crippen molar-refractivity contribution in [2.75, 3.05) is 10.5 Å². The first-order valence-corrected chi connectivity index (χ1v) is 8.02. The van der Waals surface area contributed by atoms with E-state index in [4.69, 9.17) is 11.6 Å². The maximum absolute atomic E-state index is 12.0. The third-order valence-electron chi connectivity index (χ3n) is 2.64. The molecule has 2 aromatic rings. The van der Waals surface area contributed by atoms with Crippen LogP contribution in [0.5, 0.6) is 0 Å². The van der Waals surface area contributed by atoms with Crippen LogP contribution < -0.4 is 4.72 Å². The summed E-state index contributed by atoms with van der Waals surface area (Å²) in [5.41, 5.74) is 1.87. The maximum Gasteiger partial charge on any atom is 0.233 e. The first kappa shape index (κ1) is 14.7. The molecule has 1 N–H and O–H groups in total. The van der Waals surface area contributed by atoms with Crippen molar-refractivity contribution in [1.29, 1.82) is 0 Å². The van der Waals surface area contributed by atoms with Gasteiger partial charge in [0.1, 0.15) is 5.15 Å². The first-order chi connectivity index (χ1) is 9.46. The number of nitrogens with one attached hydrogen (secondary N) is 1. The number of nitrogens with zero attached hydrogens (tertiary/aromatic N) is 2. The van der Waals surface area contributed by atoms with E-state index in [1.54, 1.807) is 31.3 Å². The molecule has 106 valence electrons. The van der Waals surface area contributed by atoms with Crippen molar-refractivity contribution in [3.05, 3.63) is 53.1 Å². The van der Waals surface area contributed by atoms with Crippen LogP contribution in [-0.2, 0) is 16.4 Å². The van der Waals surface area contributed by atoms with Crippen LogP contribution in [0.1, 0.15) is 11.3 Å². The van der Waals surface area contributed by atoms with Crippen LogP contribution in [0.15, 0.2) is 36.7 Å². The molecule has 0 spiro atoms. The number of pyridine rings is 2. The largest absolute Gasteiger partial charge is 0.282 e. The molecule has 2 rings (SSSR count). The predicted octanol–water partition coefficient (Wildman–Crippen LogP) is 2.42. The Hall–Kier alpha value is -1.66. The molecule has 0 atom stereocenters. The van der Waals surface area contributed by atoms with Crippen molar-refractivity contribution in [2.24, 2.45) is 0 Å². The van der Waals surface area contributed by atoms with E-state index in [1.165, 1.54) is 6.20 Å². The van der Waals surface area contributed by atoms with Crippen molar-refractivity contribution in [1.82, 2.24) is 9.97 Å². The second-order valence-corrected chi connectivity index (χ2v) is 6.52. The van der Waals surface area contributed by atoms with Crippen LogP contribution in [0.4, 0.5) is 5.69 Å². The second kappa shape index (κ2) is 6.19. The molecular formula is C13H14ClN3O2S. The highest BCUT2D eigenvalue weighted by atomic mass is 35.5. The Morgan fingerprint density at radius 3 is 2.75 bits per heavy atom. The summed E-state index contributed by atoms with van der Waals surface area (Å²) in [6.45, 7) is 1.76. The van der Waals surface area contributed by atoms with E-state index in [-0.39, 0.29) is 5.75 Å². The molecule has 20 heavy (non-hydrogen) atoms. The fourth-order valence-corrected chi connectivity index (χ4v) is 2.78. The molecule has 0 bridgehead atoms. The second-order valence-electron chi connectivity index (χ2n) is 4.32. The Morgan fingerprint density at radius 1 is 1.30 bits per heavy atom. The third kappa shape index (κ3) is 4.18. The van der Waals surface area contributed by atoms with E-state index in [9.17, 15) is 8.42 Å². The summed E-state index contributed by atoms with van der Waals surface area (Å²) in [6, 6.07) is 7.06. The average molecular weight is 312 g/mol. The van der Waals surface area contributed by atoms with Gasteiger partial charge < -0.3 is 0 Å². The van der Waals surface area contributed by atoms with Crippen LogP contribution in [0.2, 0.25) is 5.15 Å². The summed E-state index contributed by atoms with van der Waals surface area (Å²) >= 11 is 5.80. The van der Waals surface area contributed by atoms with Crippen LogP contribution in [0.25, 0.3) is 0 Å². The minimum Gasteiger partial charge on any atom is -0.282 e. The monoisotopic (exact) mass is 311 g/mol. The number of sulfonamides is 1. The lowest BCUT2D eigenvalue weighted by Gasteiger charge is -2.08. The molecule has 7 heteroatoms. The smallest absolute Gasteiger partial charge is 0.233 e. The number of aryl methyl sites for hydroxylation is 2. The van der Waals surface area contributed by atoms with Crippen molar-refractivity contribution in [3.63, 3.8) is 0 Å². The summed E-state index contributed by atoms with van der Waals surface area (Å²) in [7, 11) is -3.44. The van der Waals surface area contributed by atoms with Gasteiger partial charge in [-0.15, -0.1) is 0 Å². The van der Waals surface area contributed by atoms with E-state index in [2.05, 4.69) is 14.7 Å². The molecule has 0 saturated heterocycles. The average Bonchev–Trinajstić information content (AvgIpc) is 2.42. The van der Waals surface area contributed by atoms with Gasteiger partial charge in [-0.1, -0.05) is 17.7 Å². The number of hydrogen-bond acceptors (Lipinski definition) is 4. The third-order valence-corrected chi connectivity index (χ3v) is 4.32. The fraction of sp³-hybridized carbons (Fsp3) is 0.231. The number of rotatable bonds is 5. The molecule has 2 heterocycles. The Kier molecular flexibility index (Phi) is 4.57. The van der Waals surface area contributed by atoms with Gasteiger partial charge in [0.2, 0.25) is 10.0 Å². The minimum absolute atomic E-state index is 0.0360. The van der Waals surface area contributed by atoms with Crippen LogP contribution in [-0.4, -0.2) is 24.1 Å². The summed E-state index contributed by atoms with van der Waals surface area (Å²) < 4.78 is 26.4. The van der Waals surface area contributed by atoms with E-state index >= 15 is 0 Å². The standard InChI is InChI=1S/C13H14ClN3O2S/c1-10-8-12(9-16-13(10)14)17-20(18,19)7-5-11-4-2-3-6-15-11/h2-4,6,8-9,17H,5,7H2,1H3. The Labute approximate surface area is 123 Å². The van der Waals surface area contributed by atoms with Gasteiger partial charge in [0.25, 0.3) is 0 Å². The predicted molar refractivity (Wildman–Crippen MR) is 79.3 cm³/mol. The zero-order valence-electron chi connectivity index (χ0n) is 10.9. The molecule has 0 saturated carbocycles. The lowest BCUT2D eigenvalue weighted by molar-refractivity contribution is 0.600. The normalized spacial score (nSPS) is 11.3. The van der Waals surface area contributed by atoms with Crippen molar-refractivity contribution < 1.29 is 8.42 Å². The molecular weight excluding hydrogens is 298 g/mol. The molecule has 5 nitrogen and oxygen atoms in total. The van der Waals surface area contributed by atoms with E-state index < -0.39 is 10.0 Å². The molecule has 0 unspecified atom stereocenters. The molecule has 0 aromatic carbocycles. The number of aromatic nitrogens is 2. The van der Waals surface area contributed by atoms with E-state index in [0.717, 1.165) is 11.3 Å². The van der Waals surface area contributed by atoms with Crippen LogP contribution >= 0.6 is 11.6 Å². The van der Waals surface area contributed by atoms with Gasteiger partial charge in [0.15, 0.2) is 0 Å². The van der Waals surface area contributed by atoms with Crippen LogP contribution in [0, 0.1) is 6.92 Å². The zero-order valence-corrected chi connectivity index (χ0v) is 12.4. The van der Waals surface area contributed by atoms with E-state index in [0.29, 0.717) is 17.3 Å². The fourth-order valence-electron chi connectivity index (χ4n) is 1.63. The van der Waals surface area contributed by atoms with Gasteiger partial charge >= 0.3 is 0 Å². The van der Waals surface area contributed by atoms with Gasteiger partial charge in [-0.2, -0.15) is 0 Å². The molecule has 0 radical (unpaired) electrons. The maximum atomic E-state index is 12.0. The lowest BCUT2D eigenvalue weighted by atomic mass is 10.3. The number of hydrogen-bond donors (Lipinski definition) is 1. The molecule has 0 aliphatic rings. The highest BCUT2D eigenvalue weighted by Crippen LogP contribution is 2.17. The zero-order chi connectivity index (χ0) is 14.6. The molecule has 0 aliphatic heterocycles. The molecule has 2 aromatic heterocycles. The van der Waals surface area contributed by atoms with Crippen LogP contribution in [0.3, 0.4) is 0 Å². The van der Waals surface area contributed by atoms with Crippen molar-refractivity contribution in [2.45, 2.75) is 13.3 Å². The highest BCUT2D eigenvalue weighted by molar-refractivity contribution is 7.92. The summed E-state index contributed by atoms with van der Waals surface area (Å²) in [4.78, 5) is 8.00. The van der Waals surface area contributed by atoms with Gasteiger partial charge in [-0.05, 0) is 30.7 Å². The van der Waals surface area contributed by atoms with Crippen molar-refractivity contribution in [3.8, 4) is 0 Å². The lowest BCUT2D eigenvalue weighted by Crippen LogP contribution is -2.18. The molecule has 0 amide bonds. The Morgan fingerprint density at radius 2 is 2.10 bits per heavy atom. The number of halogens is 1. The summed E-state index contributed by atoms with van der Waals surface area (Å²) in [5.74, 6) is -0.0360. The number of anilines is 1. The Balaban J connectivity index is 2.02. The van der Waals surface area contributed by atoms with Crippen molar-refractivity contribution >= 4 is 27.3 Å². The topological polar surface area (TPSA) is 72.0 Å². The molecule has 0 aliphatic carbocycles. The summed E-state index contributed by atoms with van der Waals surface area (Å²) in [6.07, 6.45) is 3.39. The Bertz CT molecular complexity index is 690. The van der Waals surface area contributed by atoms with E-state index in [1.807, 2.05) is 6.07 Å². The quantitative estimate of drug-likeness (QED) is 0.861. The van der Waals surface area contributed by atoms with Gasteiger partial charge in [-0.25, -0.2) is 13.4 Å². The first-order valence-electron chi connectivity index (χ1n) is 5.99. The summed E-state index contributed by atoms with van der Waals surface area (Å²) in [5, 5.41) is 0.362. The van der Waals surface area contributed by atoms with Gasteiger partial charge in [0, 0.05) is 18.3 Å². The minimum atomic E-state index is -3.44. The molecule has 0 fully saturated rings.